The van der Waals surface area contributed by atoms with Crippen LogP contribution in [0.25, 0.3) is 11.0 Å². The van der Waals surface area contributed by atoms with Gasteiger partial charge in [-0.2, -0.15) is 0 Å². The summed E-state index contributed by atoms with van der Waals surface area (Å²) >= 11 is 0. The van der Waals surface area contributed by atoms with Crippen molar-refractivity contribution >= 4 is 28.5 Å². The minimum absolute atomic E-state index is 0.121. The van der Waals surface area contributed by atoms with Crippen LogP contribution in [0.3, 0.4) is 0 Å². The summed E-state index contributed by atoms with van der Waals surface area (Å²) in [5.41, 5.74) is -9.45. The zero-order valence-corrected chi connectivity index (χ0v) is 21.0. The summed E-state index contributed by atoms with van der Waals surface area (Å²) in [4.78, 5) is 54.0. The summed E-state index contributed by atoms with van der Waals surface area (Å²) in [6.45, 7) is 5.62. The number of phenols is 1. The van der Waals surface area contributed by atoms with Gasteiger partial charge in [0.05, 0.1) is 5.56 Å². The molecule has 6 rings (SSSR count). The number of rotatable bonds is 3. The average molecular weight is 523 g/mol. The molecule has 2 aromatic rings. The molecule has 1 aromatic heterocycles. The first-order valence-electron chi connectivity index (χ1n) is 12.0. The number of ketones is 2. The maximum absolute atomic E-state index is 13.9. The highest BCUT2D eigenvalue weighted by atomic mass is 16.4. The standard InChI is InChI=1S/C28H26O10/c1-5-6-7-8-12(29)16-17-18-19(26(3,23(16)32)24(33)27(17,4)36)22-20(28(18,37)25(34)35)21(31)15-13(30)9-11(2)10-14(15)38-22/h5-10,17-19,29-30,36-37H,1-4H3,(H,34,35)/b6-5+,8-7+,16-12-/t17-,18+,19-,26-,27+,28+/m1/s1. The first-order chi connectivity index (χ1) is 17.7. The monoisotopic (exact) mass is 522 g/mol. The molecule has 0 unspecified atom stereocenters. The van der Waals surface area contributed by atoms with E-state index >= 15 is 0 Å². The molecule has 0 spiro atoms. The van der Waals surface area contributed by atoms with Gasteiger partial charge in [-0.05, 0) is 51.5 Å². The number of aromatic hydroxyl groups is 1. The van der Waals surface area contributed by atoms with Crippen molar-refractivity contribution in [3.05, 3.63) is 74.9 Å². The molecule has 3 fully saturated rings. The number of fused-ring (bicyclic) bond motifs is 4. The summed E-state index contributed by atoms with van der Waals surface area (Å²) in [7, 11) is 0. The van der Waals surface area contributed by atoms with E-state index in [9.17, 15) is 44.7 Å². The fourth-order valence-corrected chi connectivity index (χ4v) is 6.81. The molecule has 5 N–H and O–H groups in total. The van der Waals surface area contributed by atoms with Crippen LogP contribution in [0.4, 0.5) is 0 Å². The predicted octanol–water partition coefficient (Wildman–Crippen LogP) is 2.28. The number of aliphatic hydroxyl groups excluding tert-OH is 1. The number of carboxylic acids is 1. The number of hydrogen-bond donors (Lipinski definition) is 5. The summed E-state index contributed by atoms with van der Waals surface area (Å²) in [5, 5.41) is 54.7. The Hall–Kier alpha value is -4.02. The number of Topliss-reactive ketones (excluding diaryl/α,β-unsaturated/α-hetero) is 2. The van der Waals surface area contributed by atoms with Crippen molar-refractivity contribution in [3.8, 4) is 5.75 Å². The fraction of sp³-hybridized carbons (Fsp3) is 0.357. The molecule has 4 aliphatic rings. The van der Waals surface area contributed by atoms with Gasteiger partial charge < -0.3 is 29.9 Å². The van der Waals surface area contributed by atoms with Crippen LogP contribution in [0.1, 0.15) is 43.6 Å². The van der Waals surface area contributed by atoms with Crippen LogP contribution in [0.5, 0.6) is 5.75 Å². The van der Waals surface area contributed by atoms with Crippen molar-refractivity contribution < 1.29 is 44.3 Å². The molecule has 1 aromatic carbocycles. The van der Waals surface area contributed by atoms with Gasteiger partial charge in [0.1, 0.15) is 39.3 Å². The zero-order valence-electron chi connectivity index (χ0n) is 21.0. The average Bonchev–Trinajstić information content (AvgIpc) is 3.09. The Morgan fingerprint density at radius 1 is 1.05 bits per heavy atom. The summed E-state index contributed by atoms with van der Waals surface area (Å²) < 4.78 is 5.95. The van der Waals surface area contributed by atoms with Gasteiger partial charge in [0, 0.05) is 23.3 Å². The van der Waals surface area contributed by atoms with Crippen LogP contribution < -0.4 is 5.43 Å². The largest absolute Gasteiger partial charge is 0.508 e. The molecule has 4 aliphatic carbocycles. The summed E-state index contributed by atoms with van der Waals surface area (Å²) in [5.74, 6) is -10.0. The highest BCUT2D eigenvalue weighted by molar-refractivity contribution is 6.22. The van der Waals surface area contributed by atoms with Gasteiger partial charge in [-0.3, -0.25) is 14.4 Å². The Bertz CT molecular complexity index is 1620. The van der Waals surface area contributed by atoms with Gasteiger partial charge in [0.25, 0.3) is 0 Å². The van der Waals surface area contributed by atoms with Crippen LogP contribution in [0.2, 0.25) is 0 Å². The van der Waals surface area contributed by atoms with Crippen LogP contribution in [-0.2, 0) is 20.0 Å². The van der Waals surface area contributed by atoms with Gasteiger partial charge >= 0.3 is 5.97 Å². The molecule has 3 saturated carbocycles. The van der Waals surface area contributed by atoms with E-state index in [-0.39, 0.29) is 16.7 Å². The van der Waals surface area contributed by atoms with Crippen LogP contribution in [0, 0.1) is 24.2 Å². The lowest BCUT2D eigenvalue weighted by Gasteiger charge is -2.58. The molecule has 1 heterocycles. The molecular weight excluding hydrogens is 496 g/mol. The van der Waals surface area contributed by atoms with Gasteiger partial charge in [0.2, 0.25) is 5.43 Å². The smallest absolute Gasteiger partial charge is 0.341 e. The van der Waals surface area contributed by atoms with Crippen molar-refractivity contribution in [2.45, 2.75) is 44.8 Å². The number of aliphatic hydroxyl groups is 3. The van der Waals surface area contributed by atoms with E-state index in [4.69, 9.17) is 4.42 Å². The van der Waals surface area contributed by atoms with Crippen molar-refractivity contribution in [3.63, 3.8) is 0 Å². The zero-order chi connectivity index (χ0) is 28.1. The minimum atomic E-state index is -3.04. The van der Waals surface area contributed by atoms with Crippen LogP contribution in [-0.4, -0.2) is 48.7 Å². The van der Waals surface area contributed by atoms with Gasteiger partial charge in [-0.15, -0.1) is 0 Å². The molecule has 0 saturated heterocycles. The second-order valence-electron chi connectivity index (χ2n) is 10.6. The molecule has 10 nitrogen and oxygen atoms in total. The third-order valence-electron chi connectivity index (χ3n) is 8.36. The second kappa shape index (κ2) is 7.75. The lowest BCUT2D eigenvalue weighted by atomic mass is 9.43. The molecule has 198 valence electrons. The van der Waals surface area contributed by atoms with E-state index < -0.39 is 80.0 Å². The normalized spacial score (nSPS) is 35.4. The van der Waals surface area contributed by atoms with E-state index in [0.29, 0.717) is 5.56 Å². The molecule has 6 atom stereocenters. The number of aryl methyl sites for hydroxylation is 1. The van der Waals surface area contributed by atoms with E-state index in [1.807, 2.05) is 0 Å². The SMILES string of the molecule is C/C=C/C=C/C(O)=C1/C(=O)[C@]2(C)C(=O)[C@@](C)(O)[C@H]1[C@H]1[C@@H]2c2oc3cc(C)cc(O)c3c(=O)c2[C@]1(O)C(=O)O. The van der Waals surface area contributed by atoms with E-state index in [0.717, 1.165) is 13.0 Å². The van der Waals surface area contributed by atoms with E-state index in [2.05, 4.69) is 0 Å². The Morgan fingerprint density at radius 2 is 1.71 bits per heavy atom. The Labute approximate surface area is 215 Å². The minimum Gasteiger partial charge on any atom is -0.508 e. The van der Waals surface area contributed by atoms with Gasteiger partial charge in [-0.1, -0.05) is 18.2 Å². The van der Waals surface area contributed by atoms with Crippen LogP contribution in [0.15, 0.2) is 57.0 Å². The van der Waals surface area contributed by atoms with Crippen molar-refractivity contribution in [1.82, 2.24) is 0 Å². The number of aliphatic carboxylic acids is 1. The number of allylic oxidation sites excluding steroid dienone is 4. The summed E-state index contributed by atoms with van der Waals surface area (Å²) in [6, 6.07) is 2.70. The number of carbonyl (C=O) groups excluding carboxylic acids is 2. The van der Waals surface area contributed by atoms with Gasteiger partial charge in [0.15, 0.2) is 17.2 Å². The third-order valence-corrected chi connectivity index (χ3v) is 8.36. The Balaban J connectivity index is 1.94. The molecule has 0 amide bonds. The number of carbonyl (C=O) groups is 3. The van der Waals surface area contributed by atoms with Gasteiger partial charge in [-0.25, -0.2) is 4.79 Å². The highest BCUT2D eigenvalue weighted by Crippen LogP contribution is 2.70. The maximum atomic E-state index is 13.9. The first kappa shape index (κ1) is 25.6. The molecule has 2 bridgehead atoms. The number of phenolic OH excluding ortho intramolecular Hbond substituents is 1. The van der Waals surface area contributed by atoms with Crippen molar-refractivity contribution in [1.29, 1.82) is 0 Å². The highest BCUT2D eigenvalue weighted by Gasteiger charge is 2.80. The first-order valence-corrected chi connectivity index (χ1v) is 12.0. The maximum Gasteiger partial charge on any atom is 0.341 e. The Morgan fingerprint density at radius 3 is 2.32 bits per heavy atom. The lowest BCUT2D eigenvalue weighted by molar-refractivity contribution is -0.199. The number of carboxylic acid groups (broad SMARTS) is 1. The second-order valence-corrected chi connectivity index (χ2v) is 10.6. The topological polar surface area (TPSA) is 183 Å². The third kappa shape index (κ3) is 2.79. The van der Waals surface area contributed by atoms with E-state index in [1.165, 1.54) is 25.1 Å². The number of hydrogen-bond acceptors (Lipinski definition) is 9. The molecule has 0 aliphatic heterocycles. The molecule has 10 heteroatoms. The van der Waals surface area contributed by atoms with Crippen molar-refractivity contribution in [2.75, 3.05) is 0 Å². The summed E-state index contributed by atoms with van der Waals surface area (Å²) in [6.07, 6.45) is 5.77. The number of benzene rings is 1. The molecular formula is C28H26O10. The molecule has 38 heavy (non-hydrogen) atoms. The van der Waals surface area contributed by atoms with E-state index in [1.54, 1.807) is 26.0 Å². The lowest BCUT2D eigenvalue weighted by Crippen LogP contribution is -2.71. The quantitative estimate of drug-likeness (QED) is 0.173. The molecule has 0 radical (unpaired) electrons. The Kier molecular flexibility index (Phi) is 5.22. The van der Waals surface area contributed by atoms with Crippen molar-refractivity contribution in [2.24, 2.45) is 17.3 Å². The predicted molar refractivity (Wildman–Crippen MR) is 132 cm³/mol. The van der Waals surface area contributed by atoms with Crippen LogP contribution >= 0.6 is 0 Å². The fourth-order valence-electron chi connectivity index (χ4n) is 6.81.